The van der Waals surface area contributed by atoms with E-state index in [9.17, 15) is 4.79 Å². The molecule has 0 radical (unpaired) electrons. The third kappa shape index (κ3) is 3.97. The van der Waals surface area contributed by atoms with Crippen molar-refractivity contribution in [3.05, 3.63) is 22.4 Å². The highest BCUT2D eigenvalue weighted by atomic mass is 32.1. The smallest absolute Gasteiger partial charge is 0.261 e. The van der Waals surface area contributed by atoms with Crippen LogP contribution in [0.5, 0.6) is 0 Å². The Kier molecular flexibility index (Phi) is 4.71. The second-order valence-corrected chi connectivity index (χ2v) is 4.70. The normalized spacial score (nSPS) is 12.1. The molecule has 0 spiro atoms. The maximum atomic E-state index is 11.7. The first-order chi connectivity index (χ1) is 7.13. The summed E-state index contributed by atoms with van der Waals surface area (Å²) in [6.45, 7) is 2.00. The van der Waals surface area contributed by atoms with Crippen LogP contribution in [0.4, 0.5) is 0 Å². The number of rotatable bonds is 5. The van der Waals surface area contributed by atoms with Crippen molar-refractivity contribution in [1.82, 2.24) is 5.32 Å². The third-order valence-corrected chi connectivity index (χ3v) is 3.06. The fourth-order valence-corrected chi connectivity index (χ4v) is 2.03. The summed E-state index contributed by atoms with van der Waals surface area (Å²) in [6.07, 6.45) is 1.39. The molecule has 1 amide bonds. The van der Waals surface area contributed by atoms with Crippen LogP contribution in [-0.4, -0.2) is 16.9 Å². The van der Waals surface area contributed by atoms with Crippen LogP contribution in [0.25, 0.3) is 0 Å². The van der Waals surface area contributed by atoms with Gasteiger partial charge in [0, 0.05) is 12.5 Å². The van der Waals surface area contributed by atoms with Crippen LogP contribution in [-0.2, 0) is 0 Å². The number of thiophene rings is 1. The standard InChI is InChI=1S/C10H14N2OS2/c1-2-7(6-9(11)14)12-10(13)8-4-3-5-15-8/h3-5,7H,2,6H2,1H3,(H2,11,14)(H,12,13). The van der Waals surface area contributed by atoms with E-state index in [1.807, 2.05) is 18.4 Å². The van der Waals surface area contributed by atoms with E-state index in [1.54, 1.807) is 6.07 Å². The largest absolute Gasteiger partial charge is 0.393 e. The molecule has 1 aromatic rings. The number of carbonyl (C=O) groups excluding carboxylic acids is 1. The van der Waals surface area contributed by atoms with E-state index < -0.39 is 0 Å². The van der Waals surface area contributed by atoms with Gasteiger partial charge in [-0.05, 0) is 17.9 Å². The van der Waals surface area contributed by atoms with Crippen LogP contribution in [0.3, 0.4) is 0 Å². The number of hydrogen-bond acceptors (Lipinski definition) is 3. The summed E-state index contributed by atoms with van der Waals surface area (Å²) in [5, 5.41) is 4.78. The van der Waals surface area contributed by atoms with Crippen molar-refractivity contribution in [3.63, 3.8) is 0 Å². The Hall–Kier alpha value is -0.940. The maximum Gasteiger partial charge on any atom is 0.261 e. The van der Waals surface area contributed by atoms with Crippen LogP contribution in [0, 0.1) is 0 Å². The molecule has 0 saturated heterocycles. The van der Waals surface area contributed by atoms with E-state index in [1.165, 1.54) is 11.3 Å². The SMILES string of the molecule is CCC(CC(N)=S)NC(=O)c1cccs1. The minimum absolute atomic E-state index is 0.0390. The molecule has 1 heterocycles. The fraction of sp³-hybridized carbons (Fsp3) is 0.400. The maximum absolute atomic E-state index is 11.7. The van der Waals surface area contributed by atoms with Gasteiger partial charge in [0.05, 0.1) is 9.87 Å². The Morgan fingerprint density at radius 1 is 1.73 bits per heavy atom. The highest BCUT2D eigenvalue weighted by Gasteiger charge is 2.13. The number of hydrogen-bond donors (Lipinski definition) is 2. The van der Waals surface area contributed by atoms with Gasteiger partial charge in [0.1, 0.15) is 0 Å². The summed E-state index contributed by atoms with van der Waals surface area (Å²) >= 11 is 6.25. The van der Waals surface area contributed by atoms with E-state index in [-0.39, 0.29) is 11.9 Å². The molecule has 1 atom stereocenters. The van der Waals surface area contributed by atoms with Gasteiger partial charge >= 0.3 is 0 Å². The zero-order chi connectivity index (χ0) is 11.3. The van der Waals surface area contributed by atoms with Gasteiger partial charge in [0.15, 0.2) is 0 Å². The molecular formula is C10H14N2OS2. The average Bonchev–Trinajstić information content (AvgIpc) is 2.68. The zero-order valence-corrected chi connectivity index (χ0v) is 10.2. The molecule has 1 rings (SSSR count). The minimum Gasteiger partial charge on any atom is -0.393 e. The lowest BCUT2D eigenvalue weighted by Gasteiger charge is -2.15. The molecule has 0 fully saturated rings. The van der Waals surface area contributed by atoms with Gasteiger partial charge in [-0.1, -0.05) is 25.2 Å². The van der Waals surface area contributed by atoms with E-state index in [0.29, 0.717) is 11.4 Å². The van der Waals surface area contributed by atoms with E-state index >= 15 is 0 Å². The predicted molar refractivity (Wildman–Crippen MR) is 67.3 cm³/mol. The summed E-state index contributed by atoms with van der Waals surface area (Å²) in [4.78, 5) is 12.8. The Morgan fingerprint density at radius 2 is 2.47 bits per heavy atom. The van der Waals surface area contributed by atoms with Crippen molar-refractivity contribution in [2.24, 2.45) is 5.73 Å². The van der Waals surface area contributed by atoms with Crippen molar-refractivity contribution in [2.45, 2.75) is 25.8 Å². The molecule has 0 aromatic carbocycles. The van der Waals surface area contributed by atoms with Crippen molar-refractivity contribution >= 4 is 34.5 Å². The summed E-state index contributed by atoms with van der Waals surface area (Å²) in [5.41, 5.74) is 5.45. The first kappa shape index (κ1) is 12.1. The summed E-state index contributed by atoms with van der Waals surface area (Å²) in [5.74, 6) is -0.0481. The van der Waals surface area contributed by atoms with Crippen molar-refractivity contribution in [2.75, 3.05) is 0 Å². The summed E-state index contributed by atoms with van der Waals surface area (Å²) in [6, 6.07) is 3.69. The predicted octanol–water partition coefficient (Wildman–Crippen LogP) is 1.93. The molecule has 15 heavy (non-hydrogen) atoms. The molecule has 0 bridgehead atoms. The Morgan fingerprint density at radius 3 is 2.93 bits per heavy atom. The molecule has 0 aliphatic carbocycles. The Balaban J connectivity index is 2.52. The van der Waals surface area contributed by atoms with Gasteiger partial charge in [-0.25, -0.2) is 0 Å². The van der Waals surface area contributed by atoms with E-state index in [2.05, 4.69) is 5.32 Å². The molecule has 0 saturated carbocycles. The lowest BCUT2D eigenvalue weighted by atomic mass is 10.1. The molecule has 0 aliphatic heterocycles. The topological polar surface area (TPSA) is 55.1 Å². The van der Waals surface area contributed by atoms with E-state index in [4.69, 9.17) is 18.0 Å². The van der Waals surface area contributed by atoms with Crippen LogP contribution in [0.1, 0.15) is 29.4 Å². The zero-order valence-electron chi connectivity index (χ0n) is 8.53. The van der Waals surface area contributed by atoms with Gasteiger partial charge in [-0.3, -0.25) is 4.79 Å². The quantitative estimate of drug-likeness (QED) is 0.776. The van der Waals surface area contributed by atoms with Gasteiger partial charge in [-0.2, -0.15) is 0 Å². The highest BCUT2D eigenvalue weighted by Crippen LogP contribution is 2.09. The number of carbonyl (C=O) groups is 1. The van der Waals surface area contributed by atoms with Gasteiger partial charge < -0.3 is 11.1 Å². The van der Waals surface area contributed by atoms with Gasteiger partial charge in [0.2, 0.25) is 0 Å². The number of thiocarbonyl (C=S) groups is 1. The molecular weight excluding hydrogens is 228 g/mol. The molecule has 1 unspecified atom stereocenters. The van der Waals surface area contributed by atoms with Crippen molar-refractivity contribution < 1.29 is 4.79 Å². The monoisotopic (exact) mass is 242 g/mol. The molecule has 5 heteroatoms. The molecule has 1 aromatic heterocycles. The van der Waals surface area contributed by atoms with Gasteiger partial charge in [0.25, 0.3) is 5.91 Å². The summed E-state index contributed by atoms with van der Waals surface area (Å²) < 4.78 is 0. The second-order valence-electron chi connectivity index (χ2n) is 3.23. The molecule has 3 N–H and O–H groups in total. The van der Waals surface area contributed by atoms with Gasteiger partial charge in [-0.15, -0.1) is 11.3 Å². The fourth-order valence-electron chi connectivity index (χ4n) is 1.20. The highest BCUT2D eigenvalue weighted by molar-refractivity contribution is 7.80. The molecule has 82 valence electrons. The second kappa shape index (κ2) is 5.82. The van der Waals surface area contributed by atoms with Crippen molar-refractivity contribution in [1.29, 1.82) is 0 Å². The lowest BCUT2D eigenvalue weighted by molar-refractivity contribution is 0.0941. The van der Waals surface area contributed by atoms with Crippen LogP contribution >= 0.6 is 23.6 Å². The van der Waals surface area contributed by atoms with E-state index in [0.717, 1.165) is 11.3 Å². The Bertz CT molecular complexity index is 335. The third-order valence-electron chi connectivity index (χ3n) is 2.02. The Labute approximate surface area is 98.7 Å². The summed E-state index contributed by atoms with van der Waals surface area (Å²) in [7, 11) is 0. The molecule has 3 nitrogen and oxygen atoms in total. The number of nitrogens with one attached hydrogen (secondary N) is 1. The number of nitrogens with two attached hydrogens (primary N) is 1. The first-order valence-electron chi connectivity index (χ1n) is 4.76. The van der Waals surface area contributed by atoms with Crippen LogP contribution < -0.4 is 11.1 Å². The average molecular weight is 242 g/mol. The lowest BCUT2D eigenvalue weighted by Crippen LogP contribution is -2.36. The van der Waals surface area contributed by atoms with Crippen molar-refractivity contribution in [3.8, 4) is 0 Å². The minimum atomic E-state index is -0.0481. The molecule has 0 aliphatic rings. The first-order valence-corrected chi connectivity index (χ1v) is 6.05. The van der Waals surface area contributed by atoms with Crippen LogP contribution in [0.2, 0.25) is 0 Å². The van der Waals surface area contributed by atoms with Crippen LogP contribution in [0.15, 0.2) is 17.5 Å². The number of amides is 1.